The van der Waals surface area contributed by atoms with Crippen molar-refractivity contribution >= 4 is 35.3 Å². The Morgan fingerprint density at radius 1 is 1.21 bits per heavy atom. The van der Waals surface area contributed by atoms with Gasteiger partial charge in [0.1, 0.15) is 5.82 Å². The molecule has 1 aliphatic heterocycles. The fourth-order valence-electron chi connectivity index (χ4n) is 3.46. The number of nitrogens with zero attached hydrogens (tertiary/aromatic N) is 2. The molecular weight excluding hydrogens is 446 g/mol. The van der Waals surface area contributed by atoms with Crippen LogP contribution in [0.1, 0.15) is 24.2 Å². The maximum atomic E-state index is 12.8. The Labute approximate surface area is 197 Å². The SMILES string of the molecule is CCOC(=O)C1=C(CN(C)CC(=O)Nc2cccc(C)n2)NC(=O)NC1c1ccc(Cl)cc1. The zero-order valence-electron chi connectivity index (χ0n) is 18.6. The van der Waals surface area contributed by atoms with E-state index in [1.54, 1.807) is 55.3 Å². The molecule has 174 valence electrons. The summed E-state index contributed by atoms with van der Waals surface area (Å²) < 4.78 is 5.25. The monoisotopic (exact) mass is 471 g/mol. The van der Waals surface area contributed by atoms with Crippen LogP contribution in [-0.2, 0) is 14.3 Å². The second-order valence-corrected chi connectivity index (χ2v) is 8.02. The third kappa shape index (κ3) is 6.53. The number of carbonyl (C=O) groups is 3. The van der Waals surface area contributed by atoms with Crippen molar-refractivity contribution in [2.24, 2.45) is 0 Å². The maximum Gasteiger partial charge on any atom is 0.338 e. The first kappa shape index (κ1) is 24.2. The molecule has 33 heavy (non-hydrogen) atoms. The molecule has 3 amide bonds. The zero-order valence-corrected chi connectivity index (χ0v) is 19.4. The zero-order chi connectivity index (χ0) is 24.0. The molecule has 0 saturated carbocycles. The van der Waals surface area contributed by atoms with Crippen LogP contribution in [-0.4, -0.2) is 54.5 Å². The van der Waals surface area contributed by atoms with Gasteiger partial charge in [0.15, 0.2) is 0 Å². The number of halogens is 1. The second kappa shape index (κ2) is 10.9. The summed E-state index contributed by atoms with van der Waals surface area (Å²) >= 11 is 5.99. The van der Waals surface area contributed by atoms with E-state index in [-0.39, 0.29) is 31.2 Å². The van der Waals surface area contributed by atoms with Gasteiger partial charge in [-0.15, -0.1) is 0 Å². The number of likely N-dealkylation sites (N-methyl/N-ethyl adjacent to an activating group) is 1. The fourth-order valence-corrected chi connectivity index (χ4v) is 3.59. The molecule has 10 heteroatoms. The van der Waals surface area contributed by atoms with Crippen molar-refractivity contribution in [2.45, 2.75) is 19.9 Å². The van der Waals surface area contributed by atoms with Gasteiger partial charge in [0, 0.05) is 23.0 Å². The Morgan fingerprint density at radius 2 is 1.94 bits per heavy atom. The normalized spacial score (nSPS) is 15.7. The van der Waals surface area contributed by atoms with E-state index >= 15 is 0 Å². The molecular formula is C23H26ClN5O4. The highest BCUT2D eigenvalue weighted by atomic mass is 35.5. The summed E-state index contributed by atoms with van der Waals surface area (Å²) in [5.74, 6) is -0.372. The number of benzene rings is 1. The van der Waals surface area contributed by atoms with Crippen LogP contribution in [0.25, 0.3) is 0 Å². The van der Waals surface area contributed by atoms with Crippen molar-refractivity contribution in [1.82, 2.24) is 20.5 Å². The third-order valence-electron chi connectivity index (χ3n) is 4.85. The summed E-state index contributed by atoms with van der Waals surface area (Å²) in [6.07, 6.45) is 0. The smallest absolute Gasteiger partial charge is 0.338 e. The number of aromatic nitrogens is 1. The first-order valence-corrected chi connectivity index (χ1v) is 10.8. The highest BCUT2D eigenvalue weighted by Crippen LogP contribution is 2.29. The Balaban J connectivity index is 1.81. The molecule has 1 aromatic heterocycles. The Morgan fingerprint density at radius 3 is 2.61 bits per heavy atom. The lowest BCUT2D eigenvalue weighted by atomic mass is 9.95. The molecule has 9 nitrogen and oxygen atoms in total. The van der Waals surface area contributed by atoms with Gasteiger partial charge in [-0.25, -0.2) is 14.6 Å². The largest absolute Gasteiger partial charge is 0.463 e. The average Bonchev–Trinajstić information content (AvgIpc) is 2.73. The van der Waals surface area contributed by atoms with Gasteiger partial charge in [-0.3, -0.25) is 9.69 Å². The molecule has 3 rings (SSSR count). The predicted molar refractivity (Wildman–Crippen MR) is 125 cm³/mol. The van der Waals surface area contributed by atoms with Crippen molar-refractivity contribution in [2.75, 3.05) is 32.1 Å². The molecule has 1 aliphatic rings. The van der Waals surface area contributed by atoms with Gasteiger partial charge in [-0.05, 0) is 50.7 Å². The van der Waals surface area contributed by atoms with Crippen molar-refractivity contribution in [3.63, 3.8) is 0 Å². The van der Waals surface area contributed by atoms with Crippen molar-refractivity contribution in [1.29, 1.82) is 0 Å². The van der Waals surface area contributed by atoms with Crippen LogP contribution in [0.3, 0.4) is 0 Å². The first-order chi connectivity index (χ1) is 15.8. The number of hydrogen-bond acceptors (Lipinski definition) is 6. The minimum atomic E-state index is -0.719. The van der Waals surface area contributed by atoms with Crippen molar-refractivity contribution < 1.29 is 19.1 Å². The molecule has 2 aromatic rings. The first-order valence-electron chi connectivity index (χ1n) is 10.4. The molecule has 2 heterocycles. The number of rotatable bonds is 8. The lowest BCUT2D eigenvalue weighted by Gasteiger charge is -2.31. The number of urea groups is 1. The quantitative estimate of drug-likeness (QED) is 0.510. The number of pyridine rings is 1. The third-order valence-corrected chi connectivity index (χ3v) is 5.10. The highest BCUT2D eigenvalue weighted by Gasteiger charge is 2.34. The lowest BCUT2D eigenvalue weighted by molar-refractivity contribution is -0.139. The molecule has 0 saturated heterocycles. The van der Waals surface area contributed by atoms with Crippen LogP contribution in [0.4, 0.5) is 10.6 Å². The molecule has 0 aliphatic carbocycles. The number of esters is 1. The van der Waals surface area contributed by atoms with Crippen LogP contribution >= 0.6 is 11.6 Å². The van der Waals surface area contributed by atoms with E-state index in [0.29, 0.717) is 22.1 Å². The van der Waals surface area contributed by atoms with E-state index in [4.69, 9.17) is 16.3 Å². The van der Waals surface area contributed by atoms with Gasteiger partial charge >= 0.3 is 12.0 Å². The number of amides is 3. The molecule has 1 aromatic carbocycles. The van der Waals surface area contributed by atoms with Crippen LogP contribution in [0.2, 0.25) is 5.02 Å². The molecule has 0 fully saturated rings. The van der Waals surface area contributed by atoms with Crippen LogP contribution in [0.5, 0.6) is 0 Å². The summed E-state index contributed by atoms with van der Waals surface area (Å²) in [6, 6.07) is 11.0. The van der Waals surface area contributed by atoms with Gasteiger partial charge < -0.3 is 20.7 Å². The minimum Gasteiger partial charge on any atom is -0.463 e. The van der Waals surface area contributed by atoms with Crippen LogP contribution < -0.4 is 16.0 Å². The maximum absolute atomic E-state index is 12.8. The van der Waals surface area contributed by atoms with E-state index in [9.17, 15) is 14.4 Å². The fraction of sp³-hybridized carbons (Fsp3) is 0.304. The number of hydrogen-bond donors (Lipinski definition) is 3. The minimum absolute atomic E-state index is 0.0180. The molecule has 0 spiro atoms. The summed E-state index contributed by atoms with van der Waals surface area (Å²) in [6.45, 7) is 3.88. The summed E-state index contributed by atoms with van der Waals surface area (Å²) in [5, 5.41) is 8.74. The molecule has 0 radical (unpaired) electrons. The van der Waals surface area contributed by atoms with E-state index in [1.807, 2.05) is 13.0 Å². The van der Waals surface area contributed by atoms with E-state index in [2.05, 4.69) is 20.9 Å². The van der Waals surface area contributed by atoms with Gasteiger partial charge in [0.2, 0.25) is 5.91 Å². The van der Waals surface area contributed by atoms with Crippen molar-refractivity contribution in [3.05, 3.63) is 70.0 Å². The van der Waals surface area contributed by atoms with Crippen LogP contribution in [0, 0.1) is 6.92 Å². The number of carbonyl (C=O) groups excluding carboxylic acids is 3. The Kier molecular flexibility index (Phi) is 8.02. The van der Waals surface area contributed by atoms with E-state index in [0.717, 1.165) is 5.69 Å². The number of anilines is 1. The summed E-state index contributed by atoms with van der Waals surface area (Å²) in [5.41, 5.74) is 2.10. The highest BCUT2D eigenvalue weighted by molar-refractivity contribution is 6.30. The molecule has 3 N–H and O–H groups in total. The average molecular weight is 472 g/mol. The van der Waals surface area contributed by atoms with Gasteiger partial charge in [0.05, 0.1) is 24.8 Å². The molecule has 0 bridgehead atoms. The summed E-state index contributed by atoms with van der Waals surface area (Å²) in [4.78, 5) is 43.6. The Bertz CT molecular complexity index is 1070. The number of ether oxygens (including phenoxy) is 1. The molecule has 1 atom stereocenters. The summed E-state index contributed by atoms with van der Waals surface area (Å²) in [7, 11) is 1.71. The van der Waals surface area contributed by atoms with Crippen molar-refractivity contribution in [3.8, 4) is 0 Å². The number of aryl methyl sites for hydroxylation is 1. The second-order valence-electron chi connectivity index (χ2n) is 7.58. The lowest BCUT2D eigenvalue weighted by Crippen LogP contribution is -2.48. The topological polar surface area (TPSA) is 113 Å². The van der Waals surface area contributed by atoms with Gasteiger partial charge in [-0.2, -0.15) is 0 Å². The molecule has 1 unspecified atom stereocenters. The predicted octanol–water partition coefficient (Wildman–Crippen LogP) is 2.79. The van der Waals surface area contributed by atoms with Gasteiger partial charge in [-0.1, -0.05) is 29.8 Å². The van der Waals surface area contributed by atoms with Crippen LogP contribution in [0.15, 0.2) is 53.7 Å². The van der Waals surface area contributed by atoms with E-state index < -0.39 is 18.0 Å². The van der Waals surface area contributed by atoms with Gasteiger partial charge in [0.25, 0.3) is 0 Å². The standard InChI is InChI=1S/C23H26ClN5O4/c1-4-33-22(31)20-17(26-23(32)28-21(20)15-8-10-16(24)11-9-15)12-29(3)13-19(30)27-18-7-5-6-14(2)25-18/h5-11,21H,4,12-13H2,1-3H3,(H,25,27,30)(H2,26,28,32). The Hall–Kier alpha value is -3.43. The number of nitrogens with one attached hydrogen (secondary N) is 3. The van der Waals surface area contributed by atoms with E-state index in [1.165, 1.54) is 0 Å².